The van der Waals surface area contributed by atoms with E-state index in [1.807, 2.05) is 55.1 Å². The number of carbonyl (C=O) groups is 1. The first-order chi connectivity index (χ1) is 13.0. The van der Waals surface area contributed by atoms with Crippen LogP contribution in [-0.2, 0) is 0 Å². The van der Waals surface area contributed by atoms with Crippen LogP contribution < -0.4 is 10.2 Å². The van der Waals surface area contributed by atoms with Crippen LogP contribution in [0.4, 0.5) is 15.6 Å². The first-order valence-electron chi connectivity index (χ1n) is 8.94. The van der Waals surface area contributed by atoms with Gasteiger partial charge in [-0.05, 0) is 49.2 Å². The number of halogens is 1. The third-order valence-electron chi connectivity index (χ3n) is 4.84. The minimum Gasteiger partial charge on any atom is -0.345 e. The van der Waals surface area contributed by atoms with Gasteiger partial charge < -0.3 is 15.1 Å². The van der Waals surface area contributed by atoms with Crippen molar-refractivity contribution in [1.29, 1.82) is 0 Å². The van der Waals surface area contributed by atoms with Gasteiger partial charge in [-0.15, -0.1) is 0 Å². The average Bonchev–Trinajstić information content (AvgIpc) is 3.10. The molecule has 5 nitrogen and oxygen atoms in total. The fourth-order valence-corrected chi connectivity index (χ4v) is 4.48. The smallest absolute Gasteiger partial charge is 0.321 e. The Morgan fingerprint density at radius 3 is 2.67 bits per heavy atom. The summed E-state index contributed by atoms with van der Waals surface area (Å²) in [7, 11) is 0. The maximum atomic E-state index is 12.5. The number of hydrogen-bond acceptors (Lipinski definition) is 4. The molecular weight excluding hydrogens is 380 g/mol. The molecule has 0 atom stereocenters. The summed E-state index contributed by atoms with van der Waals surface area (Å²) in [5.41, 5.74) is 3.96. The highest BCUT2D eigenvalue weighted by Crippen LogP contribution is 2.33. The maximum absolute atomic E-state index is 12.5. The number of rotatable bonds is 2. The minimum absolute atomic E-state index is 0.0489. The summed E-state index contributed by atoms with van der Waals surface area (Å²) in [5.74, 6) is 0. The van der Waals surface area contributed by atoms with Crippen molar-refractivity contribution in [2.24, 2.45) is 0 Å². The zero-order chi connectivity index (χ0) is 19.0. The van der Waals surface area contributed by atoms with Crippen LogP contribution in [0.25, 0.3) is 10.2 Å². The standard InChI is InChI=1S/C20H21ClN4OS/c1-13-4-3-5-15(12-13)22-19(26)24-8-10-25(11-9-24)20-23-18-14(2)16(21)6-7-17(18)27-20/h3-7,12H,8-11H2,1-2H3,(H,22,26). The summed E-state index contributed by atoms with van der Waals surface area (Å²) >= 11 is 7.89. The van der Waals surface area contributed by atoms with Crippen LogP contribution >= 0.6 is 22.9 Å². The zero-order valence-electron chi connectivity index (χ0n) is 15.3. The van der Waals surface area contributed by atoms with E-state index in [1.165, 1.54) is 0 Å². The number of amides is 2. The highest BCUT2D eigenvalue weighted by Gasteiger charge is 2.23. The van der Waals surface area contributed by atoms with Gasteiger partial charge in [-0.2, -0.15) is 0 Å². The number of aromatic nitrogens is 1. The highest BCUT2D eigenvalue weighted by atomic mass is 35.5. The SMILES string of the molecule is Cc1cccc(NC(=O)N2CCN(c3nc4c(C)c(Cl)ccc4s3)CC2)c1. The quantitative estimate of drug-likeness (QED) is 0.664. The van der Waals surface area contributed by atoms with Gasteiger partial charge >= 0.3 is 6.03 Å². The lowest BCUT2D eigenvalue weighted by Gasteiger charge is -2.34. The number of carbonyl (C=O) groups excluding carboxylic acids is 1. The molecule has 0 saturated carbocycles. The Bertz CT molecular complexity index is 995. The molecule has 0 bridgehead atoms. The van der Waals surface area contributed by atoms with Crippen molar-refractivity contribution in [3.8, 4) is 0 Å². The molecule has 1 aliphatic rings. The summed E-state index contributed by atoms with van der Waals surface area (Å²) in [6.45, 7) is 6.91. The normalized spacial score (nSPS) is 14.6. The predicted molar refractivity (Wildman–Crippen MR) is 113 cm³/mol. The van der Waals surface area contributed by atoms with Crippen LogP contribution in [0, 0.1) is 13.8 Å². The lowest BCUT2D eigenvalue weighted by molar-refractivity contribution is 0.208. The molecule has 0 radical (unpaired) electrons. The Hall–Kier alpha value is -2.31. The van der Waals surface area contributed by atoms with Gasteiger partial charge in [0.1, 0.15) is 0 Å². The van der Waals surface area contributed by atoms with E-state index in [0.29, 0.717) is 13.1 Å². The molecule has 140 valence electrons. The number of thiazole rings is 1. The number of urea groups is 1. The molecule has 1 fully saturated rings. The van der Waals surface area contributed by atoms with Gasteiger partial charge in [0.2, 0.25) is 0 Å². The first kappa shape index (κ1) is 18.1. The van der Waals surface area contributed by atoms with E-state index in [2.05, 4.69) is 10.2 Å². The fraction of sp³-hybridized carbons (Fsp3) is 0.300. The maximum Gasteiger partial charge on any atom is 0.321 e. The van der Waals surface area contributed by atoms with E-state index in [0.717, 1.165) is 50.3 Å². The number of hydrogen-bond donors (Lipinski definition) is 1. The van der Waals surface area contributed by atoms with Crippen LogP contribution in [0.1, 0.15) is 11.1 Å². The van der Waals surface area contributed by atoms with Gasteiger partial charge in [0, 0.05) is 36.9 Å². The van der Waals surface area contributed by atoms with Crippen LogP contribution in [0.5, 0.6) is 0 Å². The third kappa shape index (κ3) is 3.73. The van der Waals surface area contributed by atoms with Crippen LogP contribution in [0.15, 0.2) is 36.4 Å². The molecule has 2 heterocycles. The van der Waals surface area contributed by atoms with E-state index in [4.69, 9.17) is 16.6 Å². The van der Waals surface area contributed by atoms with Gasteiger partial charge in [-0.25, -0.2) is 9.78 Å². The van der Waals surface area contributed by atoms with Crippen LogP contribution in [-0.4, -0.2) is 42.1 Å². The molecule has 3 aromatic rings. The molecular formula is C20H21ClN4OS. The number of fused-ring (bicyclic) bond motifs is 1. The topological polar surface area (TPSA) is 48.5 Å². The molecule has 0 spiro atoms. The number of piperazine rings is 1. The number of aryl methyl sites for hydroxylation is 2. The van der Waals surface area contributed by atoms with Gasteiger partial charge in [0.25, 0.3) is 0 Å². The van der Waals surface area contributed by atoms with Gasteiger partial charge in [-0.1, -0.05) is 35.1 Å². The zero-order valence-corrected chi connectivity index (χ0v) is 16.9. The minimum atomic E-state index is -0.0489. The summed E-state index contributed by atoms with van der Waals surface area (Å²) < 4.78 is 1.14. The van der Waals surface area contributed by atoms with Gasteiger partial charge in [0.15, 0.2) is 5.13 Å². The number of nitrogens with zero attached hydrogens (tertiary/aromatic N) is 3. The Labute approximate surface area is 167 Å². The molecule has 2 amide bonds. The molecule has 0 aliphatic carbocycles. The average molecular weight is 401 g/mol. The van der Waals surface area contributed by atoms with E-state index < -0.39 is 0 Å². The summed E-state index contributed by atoms with van der Waals surface area (Å²) in [4.78, 5) is 21.4. The van der Waals surface area contributed by atoms with Gasteiger partial charge in [-0.3, -0.25) is 0 Å². The molecule has 2 aromatic carbocycles. The van der Waals surface area contributed by atoms with Crippen molar-refractivity contribution in [3.63, 3.8) is 0 Å². The van der Waals surface area contributed by atoms with Crippen molar-refractivity contribution < 1.29 is 4.79 Å². The fourth-order valence-electron chi connectivity index (χ4n) is 3.25. The second-order valence-corrected chi connectivity index (χ2v) is 8.21. The summed E-state index contributed by atoms with van der Waals surface area (Å²) in [5, 5.41) is 4.72. The van der Waals surface area contributed by atoms with Crippen molar-refractivity contribution in [2.75, 3.05) is 36.4 Å². The lowest BCUT2D eigenvalue weighted by Crippen LogP contribution is -2.50. The van der Waals surface area contributed by atoms with Crippen molar-refractivity contribution in [3.05, 3.63) is 52.5 Å². The van der Waals surface area contributed by atoms with E-state index >= 15 is 0 Å². The Kier molecular flexibility index (Phi) is 4.93. The van der Waals surface area contributed by atoms with E-state index in [9.17, 15) is 4.79 Å². The molecule has 27 heavy (non-hydrogen) atoms. The molecule has 1 N–H and O–H groups in total. The monoisotopic (exact) mass is 400 g/mol. The Morgan fingerprint density at radius 2 is 1.93 bits per heavy atom. The summed E-state index contributed by atoms with van der Waals surface area (Å²) in [6.07, 6.45) is 0. The van der Waals surface area contributed by atoms with Crippen LogP contribution in [0.3, 0.4) is 0 Å². The van der Waals surface area contributed by atoms with E-state index in [1.54, 1.807) is 11.3 Å². The number of benzene rings is 2. The lowest BCUT2D eigenvalue weighted by atomic mass is 10.2. The van der Waals surface area contributed by atoms with Crippen molar-refractivity contribution in [2.45, 2.75) is 13.8 Å². The van der Waals surface area contributed by atoms with E-state index in [-0.39, 0.29) is 6.03 Å². The highest BCUT2D eigenvalue weighted by molar-refractivity contribution is 7.22. The molecule has 4 rings (SSSR count). The molecule has 1 saturated heterocycles. The molecule has 1 aromatic heterocycles. The molecule has 1 aliphatic heterocycles. The number of nitrogens with one attached hydrogen (secondary N) is 1. The molecule has 0 unspecified atom stereocenters. The van der Waals surface area contributed by atoms with Crippen LogP contribution in [0.2, 0.25) is 5.02 Å². The van der Waals surface area contributed by atoms with Crippen molar-refractivity contribution in [1.82, 2.24) is 9.88 Å². The Morgan fingerprint density at radius 1 is 1.15 bits per heavy atom. The molecule has 7 heteroatoms. The largest absolute Gasteiger partial charge is 0.345 e. The first-order valence-corrected chi connectivity index (χ1v) is 10.1. The predicted octanol–water partition coefficient (Wildman–Crippen LogP) is 4.92. The Balaban J connectivity index is 1.41. The van der Waals surface area contributed by atoms with Crippen molar-refractivity contribution >= 4 is 50.0 Å². The van der Waals surface area contributed by atoms with Gasteiger partial charge in [0.05, 0.1) is 10.2 Å². The second kappa shape index (κ2) is 7.37. The second-order valence-electron chi connectivity index (χ2n) is 6.79. The summed E-state index contributed by atoms with van der Waals surface area (Å²) in [6, 6.07) is 11.8. The number of anilines is 2. The third-order valence-corrected chi connectivity index (χ3v) is 6.33.